The molecule has 104 valence electrons. The summed E-state index contributed by atoms with van der Waals surface area (Å²) in [5.41, 5.74) is 0. The third-order valence-corrected chi connectivity index (χ3v) is 2.68. The van der Waals surface area contributed by atoms with Crippen molar-refractivity contribution in [1.29, 1.82) is 0 Å². The molecule has 1 N–H and O–H groups in total. The fourth-order valence-electron chi connectivity index (χ4n) is 1.64. The third-order valence-electron chi connectivity index (χ3n) is 2.68. The molecule has 0 atom stereocenters. The Morgan fingerprint density at radius 2 is 1.79 bits per heavy atom. The highest BCUT2D eigenvalue weighted by Gasteiger charge is 2.10. The van der Waals surface area contributed by atoms with Gasteiger partial charge in [0, 0.05) is 26.1 Å². The van der Waals surface area contributed by atoms with Crippen molar-refractivity contribution in [3.8, 4) is 5.75 Å². The molecule has 1 aromatic rings. The van der Waals surface area contributed by atoms with Gasteiger partial charge in [0.2, 0.25) is 5.91 Å². The van der Waals surface area contributed by atoms with Crippen molar-refractivity contribution in [2.45, 2.75) is 20.3 Å². The molecule has 0 aliphatic heterocycles. The molecule has 2 amide bonds. The molecular weight excluding hydrogens is 244 g/mol. The molecule has 1 aromatic carbocycles. The Morgan fingerprint density at radius 3 is 2.37 bits per heavy atom. The van der Waals surface area contributed by atoms with E-state index in [0.717, 1.165) is 0 Å². The number of benzene rings is 1. The number of hydrogen-bond donors (Lipinski definition) is 1. The SMILES string of the molecule is CCN(CC)C(=O)CCNC(=O)Oc1ccccc1. The monoisotopic (exact) mass is 264 g/mol. The number of hydrogen-bond acceptors (Lipinski definition) is 3. The van der Waals surface area contributed by atoms with Crippen LogP contribution in [-0.2, 0) is 4.79 Å². The van der Waals surface area contributed by atoms with Gasteiger partial charge in [-0.05, 0) is 26.0 Å². The van der Waals surface area contributed by atoms with Gasteiger partial charge in [-0.1, -0.05) is 18.2 Å². The second kappa shape index (κ2) is 8.13. The van der Waals surface area contributed by atoms with E-state index in [4.69, 9.17) is 4.74 Å². The van der Waals surface area contributed by atoms with E-state index >= 15 is 0 Å². The maximum absolute atomic E-state index is 11.7. The zero-order valence-corrected chi connectivity index (χ0v) is 11.4. The number of amides is 2. The van der Waals surface area contributed by atoms with Crippen LogP contribution in [0, 0.1) is 0 Å². The van der Waals surface area contributed by atoms with E-state index in [1.165, 1.54) is 0 Å². The van der Waals surface area contributed by atoms with Crippen LogP contribution < -0.4 is 10.1 Å². The van der Waals surface area contributed by atoms with Gasteiger partial charge in [0.15, 0.2) is 0 Å². The van der Waals surface area contributed by atoms with Crippen LogP contribution in [-0.4, -0.2) is 36.5 Å². The number of carbonyl (C=O) groups is 2. The van der Waals surface area contributed by atoms with Crippen molar-refractivity contribution in [2.24, 2.45) is 0 Å². The molecule has 0 aliphatic rings. The van der Waals surface area contributed by atoms with Crippen LogP contribution in [0.15, 0.2) is 30.3 Å². The maximum Gasteiger partial charge on any atom is 0.412 e. The van der Waals surface area contributed by atoms with Gasteiger partial charge in [0.25, 0.3) is 0 Å². The molecule has 0 bridgehead atoms. The van der Waals surface area contributed by atoms with Crippen molar-refractivity contribution < 1.29 is 14.3 Å². The summed E-state index contributed by atoms with van der Waals surface area (Å²) in [6.45, 7) is 5.51. The first-order valence-electron chi connectivity index (χ1n) is 6.45. The molecular formula is C14H20N2O3. The average Bonchev–Trinajstić information content (AvgIpc) is 2.41. The highest BCUT2D eigenvalue weighted by atomic mass is 16.6. The van der Waals surface area contributed by atoms with Gasteiger partial charge in [-0.3, -0.25) is 4.79 Å². The predicted octanol–water partition coefficient (Wildman–Crippen LogP) is 2.03. The van der Waals surface area contributed by atoms with E-state index in [1.807, 2.05) is 19.9 Å². The highest BCUT2D eigenvalue weighted by molar-refractivity contribution is 5.77. The number of nitrogens with one attached hydrogen (secondary N) is 1. The molecule has 5 nitrogen and oxygen atoms in total. The Labute approximate surface area is 113 Å². The van der Waals surface area contributed by atoms with E-state index in [0.29, 0.717) is 18.8 Å². The van der Waals surface area contributed by atoms with Gasteiger partial charge < -0.3 is 15.0 Å². The summed E-state index contributed by atoms with van der Waals surface area (Å²) < 4.78 is 5.03. The molecule has 0 spiro atoms. The Balaban J connectivity index is 2.26. The Kier molecular flexibility index (Phi) is 6.43. The quantitative estimate of drug-likeness (QED) is 0.855. The number of para-hydroxylation sites is 1. The fourth-order valence-corrected chi connectivity index (χ4v) is 1.64. The van der Waals surface area contributed by atoms with Crippen LogP contribution in [0.2, 0.25) is 0 Å². The largest absolute Gasteiger partial charge is 0.412 e. The van der Waals surface area contributed by atoms with Gasteiger partial charge in [0.1, 0.15) is 5.75 Å². The fraction of sp³-hybridized carbons (Fsp3) is 0.429. The lowest BCUT2D eigenvalue weighted by molar-refractivity contribution is -0.130. The Morgan fingerprint density at radius 1 is 1.16 bits per heavy atom. The summed E-state index contributed by atoms with van der Waals surface area (Å²) in [5, 5.41) is 2.56. The zero-order valence-electron chi connectivity index (χ0n) is 11.4. The van der Waals surface area contributed by atoms with Crippen LogP contribution in [0.5, 0.6) is 5.75 Å². The van der Waals surface area contributed by atoms with Crippen molar-refractivity contribution in [2.75, 3.05) is 19.6 Å². The molecule has 0 saturated carbocycles. The standard InChI is InChI=1S/C14H20N2O3/c1-3-16(4-2)13(17)10-11-15-14(18)19-12-8-6-5-7-9-12/h5-9H,3-4,10-11H2,1-2H3,(H,15,18). The summed E-state index contributed by atoms with van der Waals surface area (Å²) in [5.74, 6) is 0.514. The molecule has 0 radical (unpaired) electrons. The molecule has 0 aromatic heterocycles. The highest BCUT2D eigenvalue weighted by Crippen LogP contribution is 2.07. The van der Waals surface area contributed by atoms with Crippen LogP contribution in [0.1, 0.15) is 20.3 Å². The number of carbonyl (C=O) groups excluding carboxylic acids is 2. The molecule has 0 fully saturated rings. The second-order valence-corrected chi connectivity index (χ2v) is 3.95. The summed E-state index contributed by atoms with van der Waals surface area (Å²) in [7, 11) is 0. The minimum absolute atomic E-state index is 0.0324. The van der Waals surface area contributed by atoms with Crippen molar-refractivity contribution in [3.05, 3.63) is 30.3 Å². The van der Waals surface area contributed by atoms with Crippen LogP contribution >= 0.6 is 0 Å². The van der Waals surface area contributed by atoms with Gasteiger partial charge in [0.05, 0.1) is 0 Å². The lowest BCUT2D eigenvalue weighted by Gasteiger charge is -2.18. The van der Waals surface area contributed by atoms with E-state index in [-0.39, 0.29) is 18.9 Å². The first-order chi connectivity index (χ1) is 9.17. The number of ether oxygens (including phenoxy) is 1. The topological polar surface area (TPSA) is 58.6 Å². The lowest BCUT2D eigenvalue weighted by atomic mass is 10.3. The number of rotatable bonds is 6. The van der Waals surface area contributed by atoms with Gasteiger partial charge in [-0.25, -0.2) is 4.79 Å². The molecule has 1 rings (SSSR count). The van der Waals surface area contributed by atoms with Gasteiger partial charge in [-0.2, -0.15) is 0 Å². The van der Waals surface area contributed by atoms with Crippen LogP contribution in [0.3, 0.4) is 0 Å². The lowest BCUT2D eigenvalue weighted by Crippen LogP contribution is -2.35. The smallest absolute Gasteiger partial charge is 0.410 e. The number of nitrogens with zero attached hydrogens (tertiary/aromatic N) is 1. The molecule has 0 saturated heterocycles. The molecule has 0 aliphatic carbocycles. The van der Waals surface area contributed by atoms with Crippen molar-refractivity contribution >= 4 is 12.0 Å². The van der Waals surface area contributed by atoms with Crippen molar-refractivity contribution in [1.82, 2.24) is 10.2 Å². The maximum atomic E-state index is 11.7. The normalized spacial score (nSPS) is 9.79. The first-order valence-corrected chi connectivity index (χ1v) is 6.45. The second-order valence-electron chi connectivity index (χ2n) is 3.95. The summed E-state index contributed by atoms with van der Waals surface area (Å²) in [6.07, 6.45) is -0.260. The summed E-state index contributed by atoms with van der Waals surface area (Å²) >= 11 is 0. The Hall–Kier alpha value is -2.04. The minimum Gasteiger partial charge on any atom is -0.410 e. The Bertz CT molecular complexity index is 402. The molecule has 19 heavy (non-hydrogen) atoms. The zero-order chi connectivity index (χ0) is 14.1. The first kappa shape index (κ1) is 15.0. The predicted molar refractivity (Wildman–Crippen MR) is 73.0 cm³/mol. The van der Waals surface area contributed by atoms with E-state index < -0.39 is 6.09 Å². The van der Waals surface area contributed by atoms with Crippen LogP contribution in [0.4, 0.5) is 4.79 Å². The van der Waals surface area contributed by atoms with Crippen LogP contribution in [0.25, 0.3) is 0 Å². The van der Waals surface area contributed by atoms with Gasteiger partial charge >= 0.3 is 6.09 Å². The molecule has 5 heteroatoms. The van der Waals surface area contributed by atoms with E-state index in [2.05, 4.69) is 5.32 Å². The van der Waals surface area contributed by atoms with Gasteiger partial charge in [-0.15, -0.1) is 0 Å². The minimum atomic E-state index is -0.543. The van der Waals surface area contributed by atoms with Crippen molar-refractivity contribution in [3.63, 3.8) is 0 Å². The third kappa shape index (κ3) is 5.42. The van der Waals surface area contributed by atoms with E-state index in [1.54, 1.807) is 29.2 Å². The molecule has 0 heterocycles. The summed E-state index contributed by atoms with van der Waals surface area (Å²) in [4.78, 5) is 24.8. The average molecular weight is 264 g/mol. The molecule has 0 unspecified atom stereocenters. The van der Waals surface area contributed by atoms with E-state index in [9.17, 15) is 9.59 Å². The summed E-state index contributed by atoms with van der Waals surface area (Å²) in [6, 6.07) is 8.80.